The molecular weight excluding hydrogens is 468 g/mol. The van der Waals surface area contributed by atoms with Crippen molar-refractivity contribution in [2.75, 3.05) is 49.6 Å². The number of ether oxygens (including phenoxy) is 1. The van der Waals surface area contributed by atoms with Gasteiger partial charge >= 0.3 is 0 Å². The predicted octanol–water partition coefficient (Wildman–Crippen LogP) is 2.89. The third-order valence-corrected chi connectivity index (χ3v) is 8.35. The summed E-state index contributed by atoms with van der Waals surface area (Å²) in [6.07, 6.45) is 5.34. The summed E-state index contributed by atoms with van der Waals surface area (Å²) in [7, 11) is -3.70. The van der Waals surface area contributed by atoms with Crippen LogP contribution in [0.5, 0.6) is 0 Å². The maximum Gasteiger partial charge on any atom is 0.257 e. The zero-order valence-electron chi connectivity index (χ0n) is 20.0. The standard InChI is InChI=1S/C24H30N6O4S/c1-17(2)30-23-18(16-26-30)13-19(15-25-23)24(31)27-21-14-20(5-6-22(21)28-7-3-4-8-28)35(32,33)29-9-11-34-12-10-29/h5-6,13-17H,3-4,7-12H2,1-2H3,(H,27,31). The molecule has 3 aromatic rings. The highest BCUT2D eigenvalue weighted by Gasteiger charge is 2.28. The fourth-order valence-electron chi connectivity index (χ4n) is 4.58. The van der Waals surface area contributed by atoms with Crippen molar-refractivity contribution in [3.63, 3.8) is 0 Å². The Hall–Kier alpha value is -3.02. The van der Waals surface area contributed by atoms with Crippen LogP contribution >= 0.6 is 0 Å². The van der Waals surface area contributed by atoms with E-state index in [0.29, 0.717) is 43.2 Å². The van der Waals surface area contributed by atoms with Crippen LogP contribution in [0.1, 0.15) is 43.1 Å². The number of aromatic nitrogens is 3. The fourth-order valence-corrected chi connectivity index (χ4v) is 6.02. The van der Waals surface area contributed by atoms with Crippen LogP contribution in [-0.4, -0.2) is 72.8 Å². The van der Waals surface area contributed by atoms with Crippen molar-refractivity contribution in [2.45, 2.75) is 37.6 Å². The molecule has 2 aliphatic rings. The number of amides is 1. The smallest absolute Gasteiger partial charge is 0.257 e. The minimum absolute atomic E-state index is 0.152. The zero-order chi connectivity index (χ0) is 24.6. The lowest BCUT2D eigenvalue weighted by Gasteiger charge is -2.27. The molecule has 0 saturated carbocycles. The molecular formula is C24H30N6O4S. The van der Waals surface area contributed by atoms with Gasteiger partial charge in [0.05, 0.1) is 41.2 Å². The van der Waals surface area contributed by atoms with Gasteiger partial charge in [0.15, 0.2) is 5.65 Å². The van der Waals surface area contributed by atoms with E-state index in [1.165, 1.54) is 10.5 Å². The first-order chi connectivity index (χ1) is 16.8. The number of rotatable bonds is 6. The number of benzene rings is 1. The van der Waals surface area contributed by atoms with E-state index in [4.69, 9.17) is 4.74 Å². The highest BCUT2D eigenvalue weighted by molar-refractivity contribution is 7.89. The monoisotopic (exact) mass is 498 g/mol. The second kappa shape index (κ2) is 9.56. The van der Waals surface area contributed by atoms with Crippen molar-refractivity contribution >= 4 is 38.3 Å². The van der Waals surface area contributed by atoms with E-state index in [-0.39, 0.29) is 16.8 Å². The molecule has 186 valence electrons. The molecule has 35 heavy (non-hydrogen) atoms. The summed E-state index contributed by atoms with van der Waals surface area (Å²) in [6.45, 7) is 7.14. The lowest BCUT2D eigenvalue weighted by atomic mass is 10.2. The number of carbonyl (C=O) groups excluding carboxylic acids is 1. The van der Waals surface area contributed by atoms with Crippen molar-refractivity contribution in [2.24, 2.45) is 0 Å². The summed E-state index contributed by atoms with van der Waals surface area (Å²) in [6, 6.07) is 6.90. The quantitative estimate of drug-likeness (QED) is 0.556. The number of sulfonamides is 1. The maximum absolute atomic E-state index is 13.3. The number of hydrogen-bond acceptors (Lipinski definition) is 7. The molecule has 0 atom stereocenters. The molecule has 0 bridgehead atoms. The second-order valence-electron chi connectivity index (χ2n) is 9.16. The minimum Gasteiger partial charge on any atom is -0.379 e. The lowest BCUT2D eigenvalue weighted by Crippen LogP contribution is -2.40. The van der Waals surface area contributed by atoms with Gasteiger partial charge in [-0.05, 0) is 51.0 Å². The first-order valence-electron chi connectivity index (χ1n) is 12.0. The van der Waals surface area contributed by atoms with Gasteiger partial charge < -0.3 is 15.0 Å². The number of hydrogen-bond donors (Lipinski definition) is 1. The van der Waals surface area contributed by atoms with Gasteiger partial charge in [-0.3, -0.25) is 4.79 Å². The van der Waals surface area contributed by atoms with Crippen LogP contribution in [0.25, 0.3) is 11.0 Å². The average Bonchev–Trinajstić information content (AvgIpc) is 3.54. The Kier molecular flexibility index (Phi) is 6.47. The summed E-state index contributed by atoms with van der Waals surface area (Å²) >= 11 is 0. The Labute approximate surface area is 204 Å². The molecule has 5 rings (SSSR count). The van der Waals surface area contributed by atoms with Crippen LogP contribution < -0.4 is 10.2 Å². The van der Waals surface area contributed by atoms with E-state index in [1.807, 2.05) is 18.5 Å². The number of fused-ring (bicyclic) bond motifs is 1. The molecule has 10 nitrogen and oxygen atoms in total. The Morgan fingerprint density at radius 2 is 1.80 bits per heavy atom. The Bertz CT molecular complexity index is 1340. The first kappa shape index (κ1) is 23.7. The number of carbonyl (C=O) groups is 1. The predicted molar refractivity (Wildman–Crippen MR) is 133 cm³/mol. The Morgan fingerprint density at radius 3 is 2.51 bits per heavy atom. The highest BCUT2D eigenvalue weighted by Crippen LogP contribution is 2.33. The van der Waals surface area contributed by atoms with Gasteiger partial charge in [0, 0.05) is 43.8 Å². The molecule has 0 radical (unpaired) electrons. The number of nitrogens with one attached hydrogen (secondary N) is 1. The molecule has 2 fully saturated rings. The Morgan fingerprint density at radius 1 is 1.06 bits per heavy atom. The normalized spacial score (nSPS) is 17.4. The third kappa shape index (κ3) is 4.63. The van der Waals surface area contributed by atoms with Crippen molar-refractivity contribution in [3.05, 3.63) is 42.2 Å². The first-order valence-corrected chi connectivity index (χ1v) is 13.4. The largest absolute Gasteiger partial charge is 0.379 e. The molecule has 1 N–H and O–H groups in total. The summed E-state index contributed by atoms with van der Waals surface area (Å²) in [5.41, 5.74) is 2.39. The van der Waals surface area contributed by atoms with Gasteiger partial charge in [-0.25, -0.2) is 18.1 Å². The Balaban J connectivity index is 1.47. The summed E-state index contributed by atoms with van der Waals surface area (Å²) in [4.78, 5) is 20.0. The average molecular weight is 499 g/mol. The molecule has 1 aromatic carbocycles. The van der Waals surface area contributed by atoms with Crippen molar-refractivity contribution < 1.29 is 17.9 Å². The number of pyridine rings is 1. The van der Waals surface area contributed by atoms with Gasteiger partial charge in [-0.15, -0.1) is 0 Å². The van der Waals surface area contributed by atoms with Crippen LogP contribution in [0.3, 0.4) is 0 Å². The van der Waals surface area contributed by atoms with Crippen LogP contribution in [0.15, 0.2) is 41.6 Å². The van der Waals surface area contributed by atoms with Gasteiger partial charge in [-0.2, -0.15) is 9.40 Å². The van der Waals surface area contributed by atoms with E-state index in [2.05, 4.69) is 20.3 Å². The van der Waals surface area contributed by atoms with E-state index in [9.17, 15) is 13.2 Å². The van der Waals surface area contributed by atoms with Gasteiger partial charge in [0.1, 0.15) is 0 Å². The van der Waals surface area contributed by atoms with Gasteiger partial charge in [-0.1, -0.05) is 0 Å². The van der Waals surface area contributed by atoms with Crippen LogP contribution in [0, 0.1) is 0 Å². The highest BCUT2D eigenvalue weighted by atomic mass is 32.2. The van der Waals surface area contributed by atoms with Gasteiger partial charge in [0.2, 0.25) is 10.0 Å². The molecule has 0 aliphatic carbocycles. The number of morpholine rings is 1. The second-order valence-corrected chi connectivity index (χ2v) is 11.1. The van der Waals surface area contributed by atoms with Crippen molar-refractivity contribution in [3.8, 4) is 0 Å². The number of nitrogens with zero attached hydrogens (tertiary/aromatic N) is 5. The summed E-state index contributed by atoms with van der Waals surface area (Å²) in [5, 5.41) is 8.10. The molecule has 0 spiro atoms. The van der Waals surface area contributed by atoms with E-state index in [0.717, 1.165) is 37.0 Å². The van der Waals surface area contributed by atoms with Crippen LogP contribution in [0.4, 0.5) is 11.4 Å². The molecule has 4 heterocycles. The van der Waals surface area contributed by atoms with Crippen molar-refractivity contribution in [1.82, 2.24) is 19.1 Å². The SMILES string of the molecule is CC(C)n1ncc2cc(C(=O)Nc3cc(S(=O)(=O)N4CCOCC4)ccc3N3CCCC3)cnc21. The van der Waals surface area contributed by atoms with E-state index >= 15 is 0 Å². The van der Waals surface area contributed by atoms with Crippen molar-refractivity contribution in [1.29, 1.82) is 0 Å². The molecule has 2 saturated heterocycles. The molecule has 11 heteroatoms. The van der Waals surface area contributed by atoms with E-state index in [1.54, 1.807) is 30.5 Å². The topological polar surface area (TPSA) is 110 Å². The van der Waals surface area contributed by atoms with Crippen LogP contribution in [-0.2, 0) is 14.8 Å². The lowest BCUT2D eigenvalue weighted by molar-refractivity contribution is 0.0730. The molecule has 2 aromatic heterocycles. The maximum atomic E-state index is 13.3. The molecule has 0 unspecified atom stereocenters. The van der Waals surface area contributed by atoms with Crippen LogP contribution in [0.2, 0.25) is 0 Å². The fraction of sp³-hybridized carbons (Fsp3) is 0.458. The zero-order valence-corrected chi connectivity index (χ0v) is 20.8. The summed E-state index contributed by atoms with van der Waals surface area (Å²) in [5.74, 6) is -0.349. The van der Waals surface area contributed by atoms with Gasteiger partial charge in [0.25, 0.3) is 5.91 Å². The molecule has 2 aliphatic heterocycles. The minimum atomic E-state index is -3.70. The summed E-state index contributed by atoms with van der Waals surface area (Å²) < 4.78 is 35.1. The molecule has 1 amide bonds. The third-order valence-electron chi connectivity index (χ3n) is 6.46. The van der Waals surface area contributed by atoms with E-state index < -0.39 is 10.0 Å². The number of anilines is 2.